The van der Waals surface area contributed by atoms with Crippen molar-refractivity contribution in [1.82, 2.24) is 5.32 Å². The van der Waals surface area contributed by atoms with Crippen LogP contribution in [0.25, 0.3) is 0 Å². The Kier molecular flexibility index (Phi) is 6.94. The zero-order valence-electron chi connectivity index (χ0n) is 18.2. The number of fused-ring (bicyclic) bond motifs is 1. The molecule has 1 N–H and O–H groups in total. The number of sulfonamides is 1. The lowest BCUT2D eigenvalue weighted by Crippen LogP contribution is -2.42. The molecule has 0 spiro atoms. The minimum absolute atomic E-state index is 0.184. The van der Waals surface area contributed by atoms with Gasteiger partial charge in [-0.1, -0.05) is 6.07 Å². The molecule has 0 aromatic heterocycles. The molecular formula is C22H28N2O6S. The molecule has 31 heavy (non-hydrogen) atoms. The molecule has 1 atom stereocenters. The Hall–Kier alpha value is -2.94. The molecule has 0 radical (unpaired) electrons. The van der Waals surface area contributed by atoms with Crippen LogP contribution in [0, 0.1) is 0 Å². The third-order valence-electron chi connectivity index (χ3n) is 5.34. The van der Waals surface area contributed by atoms with E-state index in [0.717, 1.165) is 46.7 Å². The third kappa shape index (κ3) is 5.22. The Morgan fingerprint density at radius 2 is 1.74 bits per heavy atom. The van der Waals surface area contributed by atoms with Gasteiger partial charge in [0, 0.05) is 6.07 Å². The number of amides is 1. The number of carbonyl (C=O) groups is 1. The summed E-state index contributed by atoms with van der Waals surface area (Å²) in [5, 5.41) is 2.99. The fourth-order valence-corrected chi connectivity index (χ4v) is 4.66. The molecule has 2 aromatic carbocycles. The Labute approximate surface area is 183 Å². The minimum Gasteiger partial charge on any atom is -0.497 e. The highest BCUT2D eigenvalue weighted by molar-refractivity contribution is 7.92. The van der Waals surface area contributed by atoms with Crippen LogP contribution in [0.4, 0.5) is 5.69 Å². The molecule has 0 saturated carbocycles. The molecule has 1 aliphatic carbocycles. The summed E-state index contributed by atoms with van der Waals surface area (Å²) >= 11 is 0. The number of anilines is 1. The van der Waals surface area contributed by atoms with Crippen LogP contribution >= 0.6 is 0 Å². The first-order chi connectivity index (χ1) is 14.8. The van der Waals surface area contributed by atoms with Crippen molar-refractivity contribution in [3.63, 3.8) is 0 Å². The van der Waals surface area contributed by atoms with Gasteiger partial charge in [0.25, 0.3) is 0 Å². The number of ether oxygens (including phenoxy) is 3. The first kappa shape index (κ1) is 22.7. The van der Waals surface area contributed by atoms with E-state index in [-0.39, 0.29) is 18.3 Å². The van der Waals surface area contributed by atoms with Gasteiger partial charge in [0.1, 0.15) is 23.8 Å². The van der Waals surface area contributed by atoms with Gasteiger partial charge in [-0.15, -0.1) is 0 Å². The number of hydrogen-bond acceptors (Lipinski definition) is 6. The van der Waals surface area contributed by atoms with Crippen LogP contribution in [0.2, 0.25) is 0 Å². The van der Waals surface area contributed by atoms with Crippen LogP contribution in [0.15, 0.2) is 36.4 Å². The van der Waals surface area contributed by atoms with Gasteiger partial charge in [0.15, 0.2) is 0 Å². The van der Waals surface area contributed by atoms with E-state index in [0.29, 0.717) is 11.5 Å². The van der Waals surface area contributed by atoms with E-state index in [1.165, 1.54) is 20.3 Å². The molecule has 2 aromatic rings. The average Bonchev–Trinajstić information content (AvgIpc) is 2.76. The Balaban J connectivity index is 1.84. The van der Waals surface area contributed by atoms with E-state index in [4.69, 9.17) is 14.2 Å². The monoisotopic (exact) mass is 448 g/mol. The summed E-state index contributed by atoms with van der Waals surface area (Å²) < 4.78 is 41.9. The smallest absolute Gasteiger partial charge is 0.241 e. The van der Waals surface area contributed by atoms with E-state index in [2.05, 4.69) is 5.32 Å². The van der Waals surface area contributed by atoms with Crippen molar-refractivity contribution in [2.75, 3.05) is 38.4 Å². The van der Waals surface area contributed by atoms with Gasteiger partial charge in [0.2, 0.25) is 15.9 Å². The first-order valence-corrected chi connectivity index (χ1v) is 11.8. The lowest BCUT2D eigenvalue weighted by Gasteiger charge is -2.29. The average molecular weight is 449 g/mol. The molecule has 168 valence electrons. The third-order valence-corrected chi connectivity index (χ3v) is 6.47. The molecule has 0 heterocycles. The molecular weight excluding hydrogens is 420 g/mol. The van der Waals surface area contributed by atoms with Gasteiger partial charge >= 0.3 is 0 Å². The summed E-state index contributed by atoms with van der Waals surface area (Å²) in [6.07, 6.45) is 3.67. The quantitative estimate of drug-likeness (QED) is 0.667. The minimum atomic E-state index is -3.76. The number of aryl methyl sites for hydroxylation is 1. The van der Waals surface area contributed by atoms with Crippen LogP contribution in [0.5, 0.6) is 17.2 Å². The fraction of sp³-hybridized carbons (Fsp3) is 0.409. The van der Waals surface area contributed by atoms with Crippen molar-refractivity contribution in [2.24, 2.45) is 0 Å². The maximum Gasteiger partial charge on any atom is 0.241 e. The van der Waals surface area contributed by atoms with Gasteiger partial charge in [-0.3, -0.25) is 9.10 Å². The van der Waals surface area contributed by atoms with Crippen LogP contribution in [0.1, 0.15) is 30.0 Å². The van der Waals surface area contributed by atoms with Crippen molar-refractivity contribution in [3.05, 3.63) is 47.5 Å². The molecule has 1 aliphatic rings. The lowest BCUT2D eigenvalue weighted by atomic mass is 9.87. The summed E-state index contributed by atoms with van der Waals surface area (Å²) in [5.41, 5.74) is 2.41. The number of nitrogens with one attached hydrogen (secondary N) is 1. The van der Waals surface area contributed by atoms with E-state index < -0.39 is 15.9 Å². The van der Waals surface area contributed by atoms with Crippen molar-refractivity contribution in [1.29, 1.82) is 0 Å². The molecule has 1 amide bonds. The van der Waals surface area contributed by atoms with E-state index in [1.54, 1.807) is 19.2 Å². The predicted molar refractivity (Wildman–Crippen MR) is 119 cm³/mol. The van der Waals surface area contributed by atoms with E-state index in [9.17, 15) is 13.2 Å². The van der Waals surface area contributed by atoms with E-state index in [1.807, 2.05) is 18.2 Å². The largest absolute Gasteiger partial charge is 0.497 e. The zero-order valence-corrected chi connectivity index (χ0v) is 19.0. The van der Waals surface area contributed by atoms with Crippen LogP contribution in [0.3, 0.4) is 0 Å². The van der Waals surface area contributed by atoms with Crippen molar-refractivity contribution >= 4 is 21.6 Å². The van der Waals surface area contributed by atoms with Gasteiger partial charge in [-0.25, -0.2) is 8.42 Å². The maximum absolute atomic E-state index is 12.9. The Morgan fingerprint density at radius 1 is 1.06 bits per heavy atom. The number of hydrogen-bond donors (Lipinski definition) is 1. The topological polar surface area (TPSA) is 94.2 Å². The summed E-state index contributed by atoms with van der Waals surface area (Å²) in [6, 6.07) is 10.4. The van der Waals surface area contributed by atoms with E-state index >= 15 is 0 Å². The second-order valence-corrected chi connectivity index (χ2v) is 9.29. The lowest BCUT2D eigenvalue weighted by molar-refractivity contribution is -0.120. The van der Waals surface area contributed by atoms with Gasteiger partial charge in [-0.05, 0) is 54.7 Å². The fourth-order valence-electron chi connectivity index (χ4n) is 3.81. The highest BCUT2D eigenvalue weighted by atomic mass is 32.2. The molecule has 8 nitrogen and oxygen atoms in total. The molecule has 0 bridgehead atoms. The van der Waals surface area contributed by atoms with Crippen molar-refractivity contribution in [3.8, 4) is 17.2 Å². The predicted octanol–water partition coefficient (Wildman–Crippen LogP) is 2.67. The highest BCUT2D eigenvalue weighted by Gasteiger charge is 2.27. The molecule has 3 rings (SSSR count). The maximum atomic E-state index is 12.9. The first-order valence-electron chi connectivity index (χ1n) is 9.92. The number of benzene rings is 2. The number of carbonyl (C=O) groups excluding carboxylic acids is 1. The Bertz CT molecular complexity index is 1050. The van der Waals surface area contributed by atoms with Crippen molar-refractivity contribution in [2.45, 2.75) is 25.3 Å². The summed E-state index contributed by atoms with van der Waals surface area (Å²) in [5.74, 6) is 1.16. The summed E-state index contributed by atoms with van der Waals surface area (Å²) in [7, 11) is 0.789. The van der Waals surface area contributed by atoms with Gasteiger partial charge in [0.05, 0.1) is 39.3 Å². The zero-order chi connectivity index (χ0) is 22.6. The number of methoxy groups -OCH3 is 3. The van der Waals surface area contributed by atoms with Crippen LogP contribution in [-0.4, -0.2) is 48.5 Å². The molecule has 0 fully saturated rings. The SMILES string of the molecule is COc1ccc2c(c1)CCCC2NC(=O)CN(c1cc(OC)ccc1OC)S(C)(=O)=O. The van der Waals surface area contributed by atoms with Crippen LogP contribution in [-0.2, 0) is 21.2 Å². The van der Waals surface area contributed by atoms with Gasteiger partial charge < -0.3 is 19.5 Å². The molecule has 9 heteroatoms. The highest BCUT2D eigenvalue weighted by Crippen LogP contribution is 2.35. The molecule has 0 saturated heterocycles. The second kappa shape index (κ2) is 9.47. The van der Waals surface area contributed by atoms with Crippen molar-refractivity contribution < 1.29 is 27.4 Å². The number of nitrogens with zero attached hydrogens (tertiary/aromatic N) is 1. The summed E-state index contributed by atoms with van der Waals surface area (Å²) in [6.45, 7) is -0.371. The number of rotatable bonds is 8. The molecule has 0 aliphatic heterocycles. The summed E-state index contributed by atoms with van der Waals surface area (Å²) in [4.78, 5) is 12.9. The normalized spacial score (nSPS) is 15.5. The van der Waals surface area contributed by atoms with Gasteiger partial charge in [-0.2, -0.15) is 0 Å². The standard InChI is InChI=1S/C22H28N2O6S/c1-28-16-8-10-18-15(12-16)6-5-7-19(18)23-22(25)14-24(31(4,26)27)20-13-17(29-2)9-11-21(20)30-3/h8-13,19H,5-7,14H2,1-4H3,(H,23,25). The second-order valence-electron chi connectivity index (χ2n) is 7.38. The van der Waals surface area contributed by atoms with Crippen LogP contribution < -0.4 is 23.8 Å². The molecule has 1 unspecified atom stereocenters. The Morgan fingerprint density at radius 3 is 2.39 bits per heavy atom.